The van der Waals surface area contributed by atoms with Gasteiger partial charge in [-0.25, -0.2) is 0 Å². The van der Waals surface area contributed by atoms with Gasteiger partial charge in [0.05, 0.1) is 11.4 Å². The van der Waals surface area contributed by atoms with Crippen LogP contribution in [0, 0.1) is 0 Å². The molecule has 0 radical (unpaired) electrons. The van der Waals surface area contributed by atoms with Crippen molar-refractivity contribution < 1.29 is 0 Å². The van der Waals surface area contributed by atoms with E-state index in [-0.39, 0.29) is 0 Å². The second kappa shape index (κ2) is 5.60. The molecule has 0 atom stereocenters. The first-order valence-electron chi connectivity index (χ1n) is 5.91. The maximum Gasteiger partial charge on any atom is 0.0858 e. The minimum absolute atomic E-state index is 0.871. The van der Waals surface area contributed by atoms with Crippen molar-refractivity contribution in [2.24, 2.45) is 10.2 Å². The summed E-state index contributed by atoms with van der Waals surface area (Å²) in [7, 11) is 5.11. The summed E-state index contributed by atoms with van der Waals surface area (Å²) >= 11 is 0. The van der Waals surface area contributed by atoms with Gasteiger partial charge in [-0.15, -0.1) is 0 Å². The number of hydrogen-bond acceptors (Lipinski definition) is 3. The molecule has 0 saturated carbocycles. The van der Waals surface area contributed by atoms with E-state index in [9.17, 15) is 0 Å². The molecule has 0 aliphatic rings. The predicted molar refractivity (Wildman–Crippen MR) is 81.0 cm³/mol. The van der Waals surface area contributed by atoms with E-state index in [1.54, 1.807) is 0 Å². The molecule has 0 aliphatic carbocycles. The molecule has 2 aromatic rings. The Balaban J connectivity index is 2.11. The van der Waals surface area contributed by atoms with E-state index in [2.05, 4.69) is 27.3 Å². The van der Waals surface area contributed by atoms with Gasteiger partial charge in [0.25, 0.3) is 0 Å². The van der Waals surface area contributed by atoms with Crippen LogP contribution < -0.4 is 10.1 Å². The van der Waals surface area contributed by atoms with E-state index in [1.165, 1.54) is 5.19 Å². The van der Waals surface area contributed by atoms with Crippen LogP contribution in [0.5, 0.6) is 0 Å². The first kappa shape index (κ1) is 12.5. The largest absolute Gasteiger partial charge is 0.378 e. The number of rotatable bonds is 3. The quantitative estimate of drug-likeness (QED) is 0.610. The molecule has 2 aromatic carbocycles. The number of benzene rings is 2. The van der Waals surface area contributed by atoms with E-state index >= 15 is 0 Å². The van der Waals surface area contributed by atoms with Crippen LogP contribution in [0.3, 0.4) is 0 Å². The lowest BCUT2D eigenvalue weighted by molar-refractivity contribution is 1.13. The Bertz CT molecular complexity index is 530. The molecule has 0 unspecified atom stereocenters. The first-order valence-corrected chi connectivity index (χ1v) is 6.91. The third kappa shape index (κ3) is 3.27. The van der Waals surface area contributed by atoms with Crippen molar-refractivity contribution in [3.63, 3.8) is 0 Å². The van der Waals surface area contributed by atoms with Gasteiger partial charge in [-0.3, -0.25) is 0 Å². The molecular weight excluding hydrogens is 238 g/mol. The summed E-state index contributed by atoms with van der Waals surface area (Å²) in [5.41, 5.74) is 2.93. The molecule has 0 aromatic heterocycles. The minimum atomic E-state index is 0.871. The zero-order chi connectivity index (χ0) is 13.0. The van der Waals surface area contributed by atoms with Crippen LogP contribution in [-0.2, 0) is 0 Å². The Morgan fingerprint density at radius 3 is 1.67 bits per heavy atom. The molecule has 18 heavy (non-hydrogen) atoms. The first-order chi connectivity index (χ1) is 8.65. The fraction of sp³-hybridized carbons (Fsp3) is 0.143. The summed E-state index contributed by atoms with van der Waals surface area (Å²) in [6.45, 7) is 0. The summed E-state index contributed by atoms with van der Waals surface area (Å²) in [5.74, 6) is 0. The maximum atomic E-state index is 4.22. The molecule has 0 fully saturated rings. The van der Waals surface area contributed by atoms with Gasteiger partial charge in [-0.2, -0.15) is 10.2 Å². The highest BCUT2D eigenvalue weighted by Gasteiger charge is 1.95. The summed E-state index contributed by atoms with van der Waals surface area (Å²) in [5, 5.41) is 9.81. The molecule has 0 saturated heterocycles. The van der Waals surface area contributed by atoms with Crippen molar-refractivity contribution in [1.82, 2.24) is 0 Å². The lowest BCUT2D eigenvalue weighted by Gasteiger charge is -2.11. The highest BCUT2D eigenvalue weighted by Crippen LogP contribution is 2.20. The van der Waals surface area contributed by atoms with Gasteiger partial charge in [-0.05, 0) is 36.4 Å². The molecule has 0 spiro atoms. The zero-order valence-corrected chi connectivity index (χ0v) is 13.0. The summed E-state index contributed by atoms with van der Waals surface area (Å²) in [6.07, 6.45) is 0. The van der Waals surface area contributed by atoms with E-state index in [0.29, 0.717) is 0 Å². The van der Waals surface area contributed by atoms with Crippen LogP contribution >= 0.6 is 0 Å². The van der Waals surface area contributed by atoms with Crippen molar-refractivity contribution in [2.75, 3.05) is 19.0 Å². The smallest absolute Gasteiger partial charge is 0.0858 e. The summed E-state index contributed by atoms with van der Waals surface area (Å²) in [6, 6.07) is 16.2. The van der Waals surface area contributed by atoms with Crippen LogP contribution in [0.4, 0.5) is 17.1 Å². The molecule has 92 valence electrons. The van der Waals surface area contributed by atoms with Gasteiger partial charge in [0.1, 0.15) is 0 Å². The van der Waals surface area contributed by atoms with Crippen molar-refractivity contribution in [2.45, 2.75) is 0 Å². The Morgan fingerprint density at radius 2 is 1.22 bits per heavy atom. The molecule has 3 nitrogen and oxygen atoms in total. The predicted octanol–water partition coefficient (Wildman–Crippen LogP) is 2.16. The van der Waals surface area contributed by atoms with Crippen molar-refractivity contribution in [3.8, 4) is 0 Å². The summed E-state index contributed by atoms with van der Waals surface area (Å²) in [4.78, 5) is 2.06. The van der Waals surface area contributed by atoms with Gasteiger partial charge >= 0.3 is 0 Å². The second-order valence-corrected chi connectivity index (χ2v) is 5.60. The Hall–Kier alpha value is -1.94. The number of nitrogens with zero attached hydrogens (tertiary/aromatic N) is 3. The highest BCUT2D eigenvalue weighted by molar-refractivity contribution is 6.32. The average Bonchev–Trinajstić information content (AvgIpc) is 2.38. The van der Waals surface area contributed by atoms with Crippen LogP contribution in [0.15, 0.2) is 58.8 Å². The SMILES string of the molecule is CN(C)c1ccc(/N=N/c2ccc([SiH3])cc2)cc1. The maximum absolute atomic E-state index is 4.22. The van der Waals surface area contributed by atoms with Gasteiger partial charge in [0, 0.05) is 30.0 Å². The van der Waals surface area contributed by atoms with E-state index in [4.69, 9.17) is 0 Å². The Morgan fingerprint density at radius 1 is 0.778 bits per heavy atom. The number of anilines is 1. The van der Waals surface area contributed by atoms with Crippen LogP contribution in [-0.4, -0.2) is 24.3 Å². The molecule has 0 amide bonds. The fourth-order valence-electron chi connectivity index (χ4n) is 1.54. The van der Waals surface area contributed by atoms with Gasteiger partial charge in [-0.1, -0.05) is 17.3 Å². The Labute approximate surface area is 111 Å². The number of azo groups is 1. The molecule has 0 aliphatic heterocycles. The second-order valence-electron chi connectivity index (χ2n) is 4.45. The molecular formula is C14H17N3Si. The van der Waals surface area contributed by atoms with Crippen molar-refractivity contribution >= 4 is 32.5 Å². The highest BCUT2D eigenvalue weighted by atomic mass is 28.1. The topological polar surface area (TPSA) is 28.0 Å². The monoisotopic (exact) mass is 255 g/mol. The fourth-order valence-corrected chi connectivity index (χ4v) is 1.88. The van der Waals surface area contributed by atoms with Crippen LogP contribution in [0.25, 0.3) is 0 Å². The lowest BCUT2D eigenvalue weighted by Crippen LogP contribution is -2.07. The van der Waals surface area contributed by atoms with Crippen LogP contribution in [0.1, 0.15) is 0 Å². The van der Waals surface area contributed by atoms with Gasteiger partial charge in [0.2, 0.25) is 0 Å². The van der Waals surface area contributed by atoms with Crippen LogP contribution in [0.2, 0.25) is 0 Å². The minimum Gasteiger partial charge on any atom is -0.378 e. The van der Waals surface area contributed by atoms with E-state index in [0.717, 1.165) is 27.3 Å². The van der Waals surface area contributed by atoms with E-state index < -0.39 is 0 Å². The average molecular weight is 255 g/mol. The molecule has 4 heteroatoms. The number of hydrogen-bond donors (Lipinski definition) is 0. The van der Waals surface area contributed by atoms with Crippen molar-refractivity contribution in [1.29, 1.82) is 0 Å². The molecule has 0 N–H and O–H groups in total. The standard InChI is InChI=1S/C14H17N3Si/c1-17(2)13-7-3-11(4-8-13)15-16-12-5-9-14(18)10-6-12/h3-10H,1-2,18H3/b16-15+. The molecule has 2 rings (SSSR count). The van der Waals surface area contributed by atoms with Gasteiger partial charge < -0.3 is 4.90 Å². The Kier molecular flexibility index (Phi) is 3.89. The van der Waals surface area contributed by atoms with Crippen molar-refractivity contribution in [3.05, 3.63) is 48.5 Å². The summed E-state index contributed by atoms with van der Waals surface area (Å²) < 4.78 is 0. The normalized spacial score (nSPS) is 11.0. The lowest BCUT2D eigenvalue weighted by atomic mass is 10.3. The van der Waals surface area contributed by atoms with Gasteiger partial charge in [0.15, 0.2) is 0 Å². The molecule has 0 heterocycles. The third-order valence-electron chi connectivity index (χ3n) is 2.68. The van der Waals surface area contributed by atoms with E-state index in [1.807, 2.05) is 50.5 Å². The molecule has 0 bridgehead atoms. The zero-order valence-electron chi connectivity index (χ0n) is 11.0. The third-order valence-corrected chi connectivity index (χ3v) is 3.35.